The minimum atomic E-state index is -1.08. The Morgan fingerprint density at radius 3 is 2.52 bits per heavy atom. The quantitative estimate of drug-likeness (QED) is 0.697. The minimum absolute atomic E-state index is 0.0529. The van der Waals surface area contributed by atoms with Gasteiger partial charge < -0.3 is 20.5 Å². The van der Waals surface area contributed by atoms with E-state index in [2.05, 4.69) is 10.6 Å². The normalized spacial score (nSPS) is 36.8. The van der Waals surface area contributed by atoms with Crippen LogP contribution in [-0.2, 0) is 14.3 Å². The van der Waals surface area contributed by atoms with Gasteiger partial charge in [-0.2, -0.15) is 0 Å². The molecule has 4 rings (SSSR count). The van der Waals surface area contributed by atoms with E-state index in [1.165, 1.54) is 0 Å². The van der Waals surface area contributed by atoms with E-state index in [-0.39, 0.29) is 29.9 Å². The third-order valence-electron chi connectivity index (χ3n) is 6.11. The van der Waals surface area contributed by atoms with Crippen molar-refractivity contribution < 1.29 is 24.2 Å². The maximum absolute atomic E-state index is 12.8. The Bertz CT molecular complexity index is 561. The average molecular weight is 322 g/mol. The lowest BCUT2D eigenvalue weighted by molar-refractivity contribution is -0.147. The number of nitrogens with one attached hydrogen (secondary N) is 2. The molecule has 0 unspecified atom stereocenters. The van der Waals surface area contributed by atoms with Gasteiger partial charge in [0.15, 0.2) is 0 Å². The Morgan fingerprint density at radius 1 is 1.17 bits per heavy atom. The summed E-state index contributed by atoms with van der Waals surface area (Å²) in [5.74, 6) is 0.0106. The number of amides is 2. The number of aliphatic hydroxyl groups is 1. The Balaban J connectivity index is 1.45. The molecule has 3 N–H and O–H groups in total. The van der Waals surface area contributed by atoms with Crippen molar-refractivity contribution in [2.24, 2.45) is 5.41 Å². The predicted molar refractivity (Wildman–Crippen MR) is 78.4 cm³/mol. The highest BCUT2D eigenvalue weighted by molar-refractivity contribution is 5.88. The van der Waals surface area contributed by atoms with Gasteiger partial charge in [-0.1, -0.05) is 0 Å². The van der Waals surface area contributed by atoms with Crippen LogP contribution in [-0.4, -0.2) is 46.7 Å². The molecule has 0 aromatic heterocycles. The number of rotatable bonds is 3. The number of Topliss-reactive ketones (excluding diaryl/α,β-unsaturated/α-hetero) is 1. The standard InChI is InChI=1S/C16H22N2O5/c19-10-1-3-16(22,4-2-10)15(5-6-15)13(20)18-11-7-9-8-12(11)23-14(21)17-9/h9,11-12,22H,1-8H2,(H,17,21)(H,18,20)/t9-,11-,12-/m1/s1. The number of hydrogen-bond donors (Lipinski definition) is 3. The van der Waals surface area contributed by atoms with Gasteiger partial charge in [0.2, 0.25) is 5.91 Å². The van der Waals surface area contributed by atoms with E-state index in [0.717, 1.165) is 0 Å². The zero-order valence-corrected chi connectivity index (χ0v) is 13.0. The molecule has 4 aliphatic rings. The molecule has 0 spiro atoms. The second-order valence-electron chi connectivity index (χ2n) is 7.49. The Morgan fingerprint density at radius 2 is 1.87 bits per heavy atom. The number of fused-ring (bicyclic) bond motifs is 2. The molecular formula is C16H22N2O5. The first-order valence-corrected chi connectivity index (χ1v) is 8.44. The molecule has 2 bridgehead atoms. The number of ketones is 1. The van der Waals surface area contributed by atoms with Gasteiger partial charge in [-0.05, 0) is 32.1 Å². The van der Waals surface area contributed by atoms with Gasteiger partial charge in [-0.15, -0.1) is 0 Å². The first kappa shape index (κ1) is 14.9. The van der Waals surface area contributed by atoms with Crippen LogP contribution in [0.2, 0.25) is 0 Å². The summed E-state index contributed by atoms with van der Waals surface area (Å²) in [4.78, 5) is 35.6. The van der Waals surface area contributed by atoms with Gasteiger partial charge in [-0.3, -0.25) is 9.59 Å². The van der Waals surface area contributed by atoms with Crippen LogP contribution in [0.3, 0.4) is 0 Å². The molecule has 7 nitrogen and oxygen atoms in total. The molecule has 4 fully saturated rings. The van der Waals surface area contributed by atoms with Crippen molar-refractivity contribution in [1.29, 1.82) is 0 Å². The molecule has 126 valence electrons. The fourth-order valence-electron chi connectivity index (χ4n) is 4.49. The molecule has 1 heterocycles. The third-order valence-corrected chi connectivity index (χ3v) is 6.11. The van der Waals surface area contributed by atoms with Gasteiger partial charge >= 0.3 is 6.09 Å². The summed E-state index contributed by atoms with van der Waals surface area (Å²) in [6.07, 6.45) is 3.41. The number of carbonyl (C=O) groups is 3. The first-order valence-electron chi connectivity index (χ1n) is 8.44. The highest BCUT2D eigenvalue weighted by atomic mass is 16.6. The van der Waals surface area contributed by atoms with Crippen molar-refractivity contribution in [3.63, 3.8) is 0 Å². The zero-order chi connectivity index (χ0) is 16.2. The molecule has 1 aliphatic heterocycles. The van der Waals surface area contributed by atoms with Gasteiger partial charge in [-0.25, -0.2) is 4.79 Å². The van der Waals surface area contributed by atoms with E-state index >= 15 is 0 Å². The predicted octanol–water partition coefficient (Wildman–Crippen LogP) is 0.396. The van der Waals surface area contributed by atoms with Crippen LogP contribution in [0.5, 0.6) is 0 Å². The molecule has 3 saturated carbocycles. The molecule has 0 aromatic carbocycles. The van der Waals surface area contributed by atoms with Crippen LogP contribution in [0.1, 0.15) is 51.4 Å². The summed E-state index contributed by atoms with van der Waals surface area (Å²) in [5, 5.41) is 16.7. The van der Waals surface area contributed by atoms with Crippen molar-refractivity contribution in [3.8, 4) is 0 Å². The Kier molecular flexibility index (Phi) is 3.20. The van der Waals surface area contributed by atoms with Gasteiger partial charge in [0.1, 0.15) is 11.9 Å². The molecule has 7 heteroatoms. The monoisotopic (exact) mass is 322 g/mol. The van der Waals surface area contributed by atoms with Crippen molar-refractivity contribution in [3.05, 3.63) is 0 Å². The Hall–Kier alpha value is -1.63. The SMILES string of the molecule is O=C1CCC(O)(C2(C(=O)N[C@@H]3C[C@@H]4C[C@H]3OC(=O)N4)CC2)CC1. The van der Waals surface area contributed by atoms with Gasteiger partial charge in [0, 0.05) is 25.3 Å². The number of ether oxygens (including phenoxy) is 1. The molecular weight excluding hydrogens is 300 g/mol. The smallest absolute Gasteiger partial charge is 0.407 e. The lowest BCUT2D eigenvalue weighted by Crippen LogP contribution is -2.54. The largest absolute Gasteiger partial charge is 0.444 e. The van der Waals surface area contributed by atoms with Crippen molar-refractivity contribution >= 4 is 17.8 Å². The van der Waals surface area contributed by atoms with Crippen LogP contribution < -0.4 is 10.6 Å². The Labute approximate surface area is 134 Å². The summed E-state index contributed by atoms with van der Waals surface area (Å²) in [5.41, 5.74) is -1.84. The highest BCUT2D eigenvalue weighted by Gasteiger charge is 2.64. The molecule has 3 atom stereocenters. The lowest BCUT2D eigenvalue weighted by Gasteiger charge is -2.39. The number of carbonyl (C=O) groups excluding carboxylic acids is 3. The summed E-state index contributed by atoms with van der Waals surface area (Å²) >= 11 is 0. The first-order chi connectivity index (χ1) is 10.9. The van der Waals surface area contributed by atoms with E-state index in [4.69, 9.17) is 4.74 Å². The summed E-state index contributed by atoms with van der Waals surface area (Å²) in [6.45, 7) is 0. The summed E-state index contributed by atoms with van der Waals surface area (Å²) in [7, 11) is 0. The molecule has 3 aliphatic carbocycles. The van der Waals surface area contributed by atoms with E-state index < -0.39 is 17.1 Å². The fraction of sp³-hybridized carbons (Fsp3) is 0.812. The molecule has 1 saturated heterocycles. The highest BCUT2D eigenvalue weighted by Crippen LogP contribution is 2.58. The average Bonchev–Trinajstić information content (AvgIpc) is 3.27. The van der Waals surface area contributed by atoms with Crippen LogP contribution in [0.15, 0.2) is 0 Å². The summed E-state index contributed by atoms with van der Waals surface area (Å²) < 4.78 is 5.24. The molecule has 0 aromatic rings. The zero-order valence-electron chi connectivity index (χ0n) is 13.0. The maximum atomic E-state index is 12.8. The maximum Gasteiger partial charge on any atom is 0.407 e. The van der Waals surface area contributed by atoms with Crippen LogP contribution >= 0.6 is 0 Å². The lowest BCUT2D eigenvalue weighted by atomic mass is 9.72. The second-order valence-corrected chi connectivity index (χ2v) is 7.49. The van der Waals surface area contributed by atoms with Crippen molar-refractivity contribution in [2.75, 3.05) is 0 Å². The van der Waals surface area contributed by atoms with Crippen molar-refractivity contribution in [2.45, 2.75) is 75.2 Å². The third kappa shape index (κ3) is 2.33. The fourth-order valence-corrected chi connectivity index (χ4v) is 4.49. The van der Waals surface area contributed by atoms with Crippen LogP contribution in [0, 0.1) is 5.41 Å². The number of alkyl carbamates (subject to hydrolysis) is 1. The van der Waals surface area contributed by atoms with E-state index in [0.29, 0.717) is 51.4 Å². The number of hydrogen-bond acceptors (Lipinski definition) is 5. The van der Waals surface area contributed by atoms with Crippen molar-refractivity contribution in [1.82, 2.24) is 10.6 Å². The molecule has 0 radical (unpaired) electrons. The topological polar surface area (TPSA) is 105 Å². The van der Waals surface area contributed by atoms with Gasteiger partial charge in [0.05, 0.1) is 17.1 Å². The van der Waals surface area contributed by atoms with Gasteiger partial charge in [0.25, 0.3) is 0 Å². The van der Waals surface area contributed by atoms with Crippen LogP contribution in [0.25, 0.3) is 0 Å². The second kappa shape index (κ2) is 4.93. The van der Waals surface area contributed by atoms with Crippen LogP contribution in [0.4, 0.5) is 4.79 Å². The van der Waals surface area contributed by atoms with E-state index in [9.17, 15) is 19.5 Å². The minimum Gasteiger partial charge on any atom is -0.444 e. The summed E-state index contributed by atoms with van der Waals surface area (Å²) in [6, 6.07) is -0.144. The van der Waals surface area contributed by atoms with E-state index in [1.54, 1.807) is 0 Å². The van der Waals surface area contributed by atoms with E-state index in [1.807, 2.05) is 0 Å². The molecule has 23 heavy (non-hydrogen) atoms. The molecule has 2 amide bonds.